The molecule has 0 saturated carbocycles. The molecule has 1 amide bonds. The van der Waals surface area contributed by atoms with E-state index >= 15 is 0 Å². The Morgan fingerprint density at radius 1 is 1.42 bits per heavy atom. The molecule has 0 bridgehead atoms. The van der Waals surface area contributed by atoms with Crippen LogP contribution in [0, 0.1) is 11.3 Å². The molecule has 1 saturated heterocycles. The Morgan fingerprint density at radius 2 is 2.25 bits per heavy atom. The van der Waals surface area contributed by atoms with Gasteiger partial charge in [0.05, 0.1) is 24.8 Å². The van der Waals surface area contributed by atoms with E-state index in [9.17, 15) is 9.90 Å². The number of pyridine rings is 1. The van der Waals surface area contributed by atoms with Gasteiger partial charge in [-0.2, -0.15) is 5.26 Å². The molecule has 0 aliphatic carbocycles. The summed E-state index contributed by atoms with van der Waals surface area (Å²) in [6.07, 6.45) is 1.26. The fourth-order valence-electron chi connectivity index (χ4n) is 2.94. The summed E-state index contributed by atoms with van der Waals surface area (Å²) in [7, 11) is 1.59. The van der Waals surface area contributed by atoms with Crippen molar-refractivity contribution in [3.63, 3.8) is 0 Å². The Labute approximate surface area is 139 Å². The molecule has 6 nitrogen and oxygen atoms in total. The Kier molecular flexibility index (Phi) is 4.45. The van der Waals surface area contributed by atoms with Gasteiger partial charge >= 0.3 is 0 Å². The SMILES string of the molecule is COc1cccc([C@H]2C[C@H](O)CN2C(=O)c2ccc(C#N)cn2)c1. The Bertz CT molecular complexity index is 783. The average molecular weight is 323 g/mol. The van der Waals surface area contributed by atoms with Crippen molar-refractivity contribution in [3.8, 4) is 11.8 Å². The van der Waals surface area contributed by atoms with Crippen LogP contribution in [0.15, 0.2) is 42.6 Å². The topological polar surface area (TPSA) is 86.5 Å². The number of nitriles is 1. The summed E-state index contributed by atoms with van der Waals surface area (Å²) in [5, 5.41) is 18.9. The number of benzene rings is 1. The molecule has 1 fully saturated rings. The van der Waals surface area contributed by atoms with Crippen molar-refractivity contribution >= 4 is 5.91 Å². The van der Waals surface area contributed by atoms with Crippen LogP contribution in [0.1, 0.15) is 34.1 Å². The lowest BCUT2D eigenvalue weighted by atomic mass is 10.0. The van der Waals surface area contributed by atoms with Crippen molar-refractivity contribution in [1.82, 2.24) is 9.88 Å². The van der Waals surface area contributed by atoms with E-state index in [1.807, 2.05) is 30.3 Å². The molecule has 2 aromatic rings. The minimum Gasteiger partial charge on any atom is -0.497 e. The third kappa shape index (κ3) is 3.07. The number of amides is 1. The third-order valence-electron chi connectivity index (χ3n) is 4.13. The summed E-state index contributed by atoms with van der Waals surface area (Å²) in [4.78, 5) is 18.4. The summed E-state index contributed by atoms with van der Waals surface area (Å²) in [5.74, 6) is 0.446. The number of likely N-dealkylation sites (tertiary alicyclic amines) is 1. The van der Waals surface area contributed by atoms with Gasteiger partial charge in [0, 0.05) is 12.7 Å². The van der Waals surface area contributed by atoms with E-state index in [0.717, 1.165) is 5.56 Å². The zero-order valence-corrected chi connectivity index (χ0v) is 13.2. The van der Waals surface area contributed by atoms with Gasteiger partial charge in [0.15, 0.2) is 0 Å². The summed E-state index contributed by atoms with van der Waals surface area (Å²) >= 11 is 0. The molecule has 1 aliphatic heterocycles. The number of rotatable bonds is 3. The second-order valence-corrected chi connectivity index (χ2v) is 5.68. The smallest absolute Gasteiger partial charge is 0.273 e. The van der Waals surface area contributed by atoms with Crippen LogP contribution in [-0.4, -0.2) is 40.7 Å². The molecule has 24 heavy (non-hydrogen) atoms. The van der Waals surface area contributed by atoms with Crippen LogP contribution in [0.3, 0.4) is 0 Å². The minimum absolute atomic E-state index is 0.236. The number of aromatic nitrogens is 1. The van der Waals surface area contributed by atoms with Crippen molar-refractivity contribution < 1.29 is 14.6 Å². The second-order valence-electron chi connectivity index (χ2n) is 5.68. The van der Waals surface area contributed by atoms with Crippen molar-refractivity contribution in [1.29, 1.82) is 5.26 Å². The fraction of sp³-hybridized carbons (Fsp3) is 0.278. The Hall–Kier alpha value is -2.91. The molecule has 2 heterocycles. The molecule has 3 rings (SSSR count). The molecule has 1 aromatic carbocycles. The van der Waals surface area contributed by atoms with E-state index in [-0.39, 0.29) is 24.2 Å². The first-order valence-corrected chi connectivity index (χ1v) is 7.61. The number of carbonyl (C=O) groups is 1. The summed E-state index contributed by atoms with van der Waals surface area (Å²) in [6.45, 7) is 0.252. The van der Waals surface area contributed by atoms with E-state index in [0.29, 0.717) is 17.7 Å². The van der Waals surface area contributed by atoms with Gasteiger partial charge in [-0.25, -0.2) is 4.98 Å². The van der Waals surface area contributed by atoms with Gasteiger partial charge in [-0.15, -0.1) is 0 Å². The highest BCUT2D eigenvalue weighted by molar-refractivity contribution is 5.93. The molecule has 0 spiro atoms. The summed E-state index contributed by atoms with van der Waals surface area (Å²) < 4.78 is 5.24. The molecular weight excluding hydrogens is 306 g/mol. The number of hydrogen-bond acceptors (Lipinski definition) is 5. The van der Waals surface area contributed by atoms with Crippen LogP contribution in [0.2, 0.25) is 0 Å². The molecule has 0 radical (unpaired) electrons. The van der Waals surface area contributed by atoms with Gasteiger partial charge in [0.25, 0.3) is 5.91 Å². The van der Waals surface area contributed by atoms with Gasteiger partial charge in [-0.05, 0) is 36.2 Å². The number of ether oxygens (including phenoxy) is 1. The van der Waals surface area contributed by atoms with E-state index in [4.69, 9.17) is 10.00 Å². The lowest BCUT2D eigenvalue weighted by Gasteiger charge is -2.24. The third-order valence-corrected chi connectivity index (χ3v) is 4.13. The predicted molar refractivity (Wildman–Crippen MR) is 86.3 cm³/mol. The van der Waals surface area contributed by atoms with Crippen LogP contribution in [0.5, 0.6) is 5.75 Å². The molecule has 1 aromatic heterocycles. The van der Waals surface area contributed by atoms with Gasteiger partial charge in [0.2, 0.25) is 0 Å². The van der Waals surface area contributed by atoms with Gasteiger partial charge in [-0.1, -0.05) is 12.1 Å². The van der Waals surface area contributed by atoms with E-state index < -0.39 is 6.10 Å². The number of aliphatic hydroxyl groups excluding tert-OH is 1. The maximum Gasteiger partial charge on any atom is 0.273 e. The minimum atomic E-state index is -0.580. The van der Waals surface area contributed by atoms with Crippen LogP contribution >= 0.6 is 0 Å². The predicted octanol–water partition coefficient (Wildman–Crippen LogP) is 1.91. The van der Waals surface area contributed by atoms with Crippen molar-refractivity contribution in [3.05, 3.63) is 59.4 Å². The van der Waals surface area contributed by atoms with Crippen molar-refractivity contribution in [2.45, 2.75) is 18.6 Å². The van der Waals surface area contributed by atoms with Crippen LogP contribution < -0.4 is 4.74 Å². The maximum absolute atomic E-state index is 12.8. The van der Waals surface area contributed by atoms with Gasteiger partial charge in [-0.3, -0.25) is 4.79 Å². The number of aliphatic hydroxyl groups is 1. The number of nitrogens with zero attached hydrogens (tertiary/aromatic N) is 3. The number of hydrogen-bond donors (Lipinski definition) is 1. The molecule has 0 unspecified atom stereocenters. The lowest BCUT2D eigenvalue weighted by Crippen LogP contribution is -2.32. The standard InChI is InChI=1S/C18H17N3O3/c1-24-15-4-2-3-13(7-15)17-8-14(22)11-21(17)18(23)16-6-5-12(9-19)10-20-16/h2-7,10,14,17,22H,8,11H2,1H3/t14-,17+/m0/s1. The quantitative estimate of drug-likeness (QED) is 0.932. The first kappa shape index (κ1) is 16.0. The molecular formula is C18H17N3O3. The highest BCUT2D eigenvalue weighted by Crippen LogP contribution is 2.34. The molecule has 1 aliphatic rings. The molecule has 2 atom stereocenters. The maximum atomic E-state index is 12.8. The van der Waals surface area contributed by atoms with E-state index in [1.165, 1.54) is 12.3 Å². The van der Waals surface area contributed by atoms with E-state index in [1.54, 1.807) is 18.1 Å². The van der Waals surface area contributed by atoms with Gasteiger partial charge < -0.3 is 14.7 Å². The molecule has 1 N–H and O–H groups in total. The fourth-order valence-corrected chi connectivity index (χ4v) is 2.94. The van der Waals surface area contributed by atoms with Crippen molar-refractivity contribution in [2.75, 3.05) is 13.7 Å². The Morgan fingerprint density at radius 3 is 2.92 bits per heavy atom. The molecule has 122 valence electrons. The zero-order valence-electron chi connectivity index (χ0n) is 13.2. The second kappa shape index (κ2) is 6.69. The first-order chi connectivity index (χ1) is 11.6. The Balaban J connectivity index is 1.89. The first-order valence-electron chi connectivity index (χ1n) is 7.61. The summed E-state index contributed by atoms with van der Waals surface area (Å²) in [6, 6.07) is 12.3. The molecule has 6 heteroatoms. The zero-order chi connectivity index (χ0) is 17.1. The summed E-state index contributed by atoms with van der Waals surface area (Å²) in [5.41, 5.74) is 1.57. The number of β-amino-alcohol motifs (C(OH)–C–C–N with tert-alkyl or cyclic N) is 1. The normalized spacial score (nSPS) is 19.8. The number of methoxy groups -OCH3 is 1. The monoisotopic (exact) mass is 323 g/mol. The van der Waals surface area contributed by atoms with Gasteiger partial charge in [0.1, 0.15) is 17.5 Å². The van der Waals surface area contributed by atoms with E-state index in [2.05, 4.69) is 4.98 Å². The van der Waals surface area contributed by atoms with Crippen LogP contribution in [0.25, 0.3) is 0 Å². The van der Waals surface area contributed by atoms with Crippen LogP contribution in [-0.2, 0) is 0 Å². The highest BCUT2D eigenvalue weighted by atomic mass is 16.5. The van der Waals surface area contributed by atoms with Crippen molar-refractivity contribution in [2.24, 2.45) is 0 Å². The highest BCUT2D eigenvalue weighted by Gasteiger charge is 2.36. The number of carbonyl (C=O) groups excluding carboxylic acids is 1. The lowest BCUT2D eigenvalue weighted by molar-refractivity contribution is 0.0709. The average Bonchev–Trinajstić information content (AvgIpc) is 3.03. The largest absolute Gasteiger partial charge is 0.497 e. The van der Waals surface area contributed by atoms with Crippen LogP contribution in [0.4, 0.5) is 0 Å².